The number of H-pyrrole nitrogens is 1. The molecule has 1 fully saturated rings. The molecule has 98 valence electrons. The minimum absolute atomic E-state index is 0.173. The summed E-state index contributed by atoms with van der Waals surface area (Å²) in [5, 5.41) is 18.6. The van der Waals surface area contributed by atoms with Gasteiger partial charge in [-0.2, -0.15) is 0 Å². The minimum Gasteiger partial charge on any atom is -0.394 e. The Morgan fingerprint density at radius 1 is 1.61 bits per heavy atom. The van der Waals surface area contributed by atoms with E-state index in [9.17, 15) is 19.5 Å². The summed E-state index contributed by atoms with van der Waals surface area (Å²) in [4.78, 5) is 35.8. The van der Waals surface area contributed by atoms with Crippen LogP contribution >= 0.6 is 0 Å². The molecule has 0 amide bonds. The van der Waals surface area contributed by atoms with Gasteiger partial charge in [-0.25, -0.2) is 4.79 Å². The van der Waals surface area contributed by atoms with Gasteiger partial charge in [0.05, 0.1) is 12.7 Å². The van der Waals surface area contributed by atoms with E-state index in [1.54, 1.807) is 0 Å². The largest absolute Gasteiger partial charge is 0.394 e. The van der Waals surface area contributed by atoms with Crippen LogP contribution in [0.1, 0.15) is 6.42 Å². The summed E-state index contributed by atoms with van der Waals surface area (Å²) in [5.74, 6) is 0. The van der Waals surface area contributed by atoms with E-state index in [2.05, 4.69) is 0 Å². The molecule has 2 heterocycles. The van der Waals surface area contributed by atoms with Gasteiger partial charge in [-0.05, 0) is 0 Å². The van der Waals surface area contributed by atoms with Gasteiger partial charge in [-0.15, -0.1) is 0 Å². The SMILES string of the molecule is O=C[C@]1(n2ccc(=O)[nH]c2=O)C[C@H](O)[C@@H](CO)O1. The predicted molar refractivity (Wildman–Crippen MR) is 57.9 cm³/mol. The zero-order valence-corrected chi connectivity index (χ0v) is 9.28. The maximum atomic E-state index is 11.6. The molecule has 0 aliphatic carbocycles. The van der Waals surface area contributed by atoms with Crippen LogP contribution in [-0.4, -0.2) is 44.9 Å². The number of hydrogen-bond donors (Lipinski definition) is 3. The van der Waals surface area contributed by atoms with Crippen molar-refractivity contribution < 1.29 is 19.7 Å². The first kappa shape index (κ1) is 12.7. The smallest absolute Gasteiger partial charge is 0.331 e. The fourth-order valence-electron chi connectivity index (χ4n) is 1.98. The fourth-order valence-corrected chi connectivity index (χ4v) is 1.98. The topological polar surface area (TPSA) is 122 Å². The van der Waals surface area contributed by atoms with E-state index in [-0.39, 0.29) is 6.42 Å². The number of ether oxygens (including phenoxy) is 1. The quantitative estimate of drug-likeness (QED) is 0.515. The van der Waals surface area contributed by atoms with Crippen LogP contribution in [0.5, 0.6) is 0 Å². The summed E-state index contributed by atoms with van der Waals surface area (Å²) in [6.45, 7) is -0.477. The highest BCUT2D eigenvalue weighted by molar-refractivity contribution is 5.60. The van der Waals surface area contributed by atoms with Crippen LogP contribution in [0.25, 0.3) is 0 Å². The first-order valence-corrected chi connectivity index (χ1v) is 5.28. The molecule has 0 unspecified atom stereocenters. The Morgan fingerprint density at radius 3 is 2.83 bits per heavy atom. The number of aldehydes is 1. The van der Waals surface area contributed by atoms with E-state index in [1.165, 1.54) is 0 Å². The van der Waals surface area contributed by atoms with Crippen LogP contribution in [0.15, 0.2) is 21.9 Å². The fraction of sp³-hybridized carbons (Fsp3) is 0.500. The number of rotatable bonds is 3. The van der Waals surface area contributed by atoms with Gasteiger partial charge < -0.3 is 14.9 Å². The molecular weight excluding hydrogens is 244 g/mol. The lowest BCUT2D eigenvalue weighted by Gasteiger charge is -2.24. The van der Waals surface area contributed by atoms with Gasteiger partial charge in [0.2, 0.25) is 5.72 Å². The maximum Gasteiger partial charge on any atom is 0.331 e. The molecule has 0 aromatic carbocycles. The average molecular weight is 256 g/mol. The van der Waals surface area contributed by atoms with Crippen LogP contribution in [0, 0.1) is 0 Å². The number of aromatic nitrogens is 2. The second-order valence-corrected chi connectivity index (χ2v) is 4.05. The molecule has 0 spiro atoms. The second-order valence-electron chi connectivity index (χ2n) is 4.05. The van der Waals surface area contributed by atoms with Gasteiger partial charge in [0.15, 0.2) is 6.29 Å². The Morgan fingerprint density at radius 2 is 2.33 bits per heavy atom. The van der Waals surface area contributed by atoms with Gasteiger partial charge in [0.1, 0.15) is 6.10 Å². The molecule has 0 radical (unpaired) electrons. The molecule has 2 rings (SSSR count). The van der Waals surface area contributed by atoms with Crippen molar-refractivity contribution >= 4 is 6.29 Å². The van der Waals surface area contributed by atoms with Gasteiger partial charge >= 0.3 is 5.69 Å². The van der Waals surface area contributed by atoms with Crippen molar-refractivity contribution in [1.82, 2.24) is 9.55 Å². The number of nitrogens with one attached hydrogen (secondary N) is 1. The molecule has 0 bridgehead atoms. The standard InChI is InChI=1S/C10H12N2O6/c13-4-7-6(15)3-10(5-14,18-7)12-2-1-8(16)11-9(12)17/h1-2,5-7,13,15H,3-4H2,(H,11,16,17)/t6-,7+,10-/m0/s1. The molecule has 8 nitrogen and oxygen atoms in total. The van der Waals surface area contributed by atoms with Crippen LogP contribution in [-0.2, 0) is 15.3 Å². The van der Waals surface area contributed by atoms with Crippen molar-refractivity contribution in [3.05, 3.63) is 33.1 Å². The number of carbonyl (C=O) groups excluding carboxylic acids is 1. The monoisotopic (exact) mass is 256 g/mol. The molecule has 8 heteroatoms. The summed E-state index contributed by atoms with van der Waals surface area (Å²) in [7, 11) is 0. The van der Waals surface area contributed by atoms with Gasteiger partial charge in [0, 0.05) is 18.7 Å². The van der Waals surface area contributed by atoms with Crippen molar-refractivity contribution in [2.75, 3.05) is 6.61 Å². The van der Waals surface area contributed by atoms with E-state index < -0.39 is 35.8 Å². The highest BCUT2D eigenvalue weighted by Crippen LogP contribution is 2.32. The summed E-state index contributed by atoms with van der Waals surface area (Å²) in [5.41, 5.74) is -3.12. The zero-order chi connectivity index (χ0) is 13.3. The zero-order valence-electron chi connectivity index (χ0n) is 9.28. The molecule has 0 saturated carbocycles. The lowest BCUT2D eigenvalue weighted by molar-refractivity contribution is -0.148. The predicted octanol–water partition coefficient (Wildman–Crippen LogP) is -2.47. The van der Waals surface area contributed by atoms with E-state index in [4.69, 9.17) is 9.84 Å². The highest BCUT2D eigenvalue weighted by atomic mass is 16.6. The normalized spacial score (nSPS) is 31.4. The van der Waals surface area contributed by atoms with Crippen molar-refractivity contribution in [2.24, 2.45) is 0 Å². The number of aliphatic hydroxyl groups is 2. The summed E-state index contributed by atoms with van der Waals surface area (Å²) < 4.78 is 6.13. The number of carbonyl (C=O) groups is 1. The van der Waals surface area contributed by atoms with E-state index >= 15 is 0 Å². The van der Waals surface area contributed by atoms with Gasteiger partial charge in [0.25, 0.3) is 5.56 Å². The van der Waals surface area contributed by atoms with Crippen molar-refractivity contribution in [3.8, 4) is 0 Å². The molecule has 1 aromatic heterocycles. The first-order chi connectivity index (χ1) is 8.52. The Balaban J connectivity index is 2.49. The molecule has 1 aromatic rings. The third-order valence-electron chi connectivity index (χ3n) is 2.88. The second kappa shape index (κ2) is 4.48. The Kier molecular flexibility index (Phi) is 3.16. The molecule has 1 aliphatic rings. The van der Waals surface area contributed by atoms with E-state index in [0.717, 1.165) is 16.8 Å². The number of hydrogen-bond acceptors (Lipinski definition) is 6. The molecule has 1 aliphatic heterocycles. The summed E-state index contributed by atoms with van der Waals surface area (Å²) >= 11 is 0. The van der Waals surface area contributed by atoms with Crippen molar-refractivity contribution in [2.45, 2.75) is 24.4 Å². The average Bonchev–Trinajstić information content (AvgIpc) is 2.67. The lowest BCUT2D eigenvalue weighted by atomic mass is 10.1. The maximum absolute atomic E-state index is 11.6. The summed E-state index contributed by atoms with van der Waals surface area (Å²) in [6.07, 6.45) is -0.713. The lowest BCUT2D eigenvalue weighted by Crippen LogP contribution is -2.45. The van der Waals surface area contributed by atoms with Crippen LogP contribution in [0.2, 0.25) is 0 Å². The first-order valence-electron chi connectivity index (χ1n) is 5.28. The van der Waals surface area contributed by atoms with Crippen molar-refractivity contribution in [1.29, 1.82) is 0 Å². The minimum atomic E-state index is -1.70. The van der Waals surface area contributed by atoms with E-state index in [0.29, 0.717) is 6.29 Å². The Bertz CT molecular complexity index is 564. The van der Waals surface area contributed by atoms with Gasteiger partial charge in [-0.1, -0.05) is 0 Å². The molecule has 18 heavy (non-hydrogen) atoms. The molecule has 3 N–H and O–H groups in total. The van der Waals surface area contributed by atoms with Crippen LogP contribution in [0.3, 0.4) is 0 Å². The number of aromatic amines is 1. The number of nitrogens with zero attached hydrogens (tertiary/aromatic N) is 1. The third-order valence-corrected chi connectivity index (χ3v) is 2.88. The summed E-state index contributed by atoms with van der Waals surface area (Å²) in [6, 6.07) is 1.06. The molecule has 1 saturated heterocycles. The number of aliphatic hydroxyl groups excluding tert-OH is 2. The third kappa shape index (κ3) is 1.90. The Hall–Kier alpha value is -1.77. The molecule has 3 atom stereocenters. The Labute approximate surface area is 100 Å². The van der Waals surface area contributed by atoms with Crippen molar-refractivity contribution in [3.63, 3.8) is 0 Å². The van der Waals surface area contributed by atoms with Crippen LogP contribution < -0.4 is 11.2 Å². The van der Waals surface area contributed by atoms with Crippen LogP contribution in [0.4, 0.5) is 0 Å². The van der Waals surface area contributed by atoms with Gasteiger partial charge in [-0.3, -0.25) is 19.1 Å². The molecular formula is C10H12N2O6. The highest BCUT2D eigenvalue weighted by Gasteiger charge is 2.47. The van der Waals surface area contributed by atoms with E-state index in [1.807, 2.05) is 4.98 Å².